The van der Waals surface area contributed by atoms with Crippen LogP contribution in [0.1, 0.15) is 5.56 Å². The highest BCUT2D eigenvalue weighted by molar-refractivity contribution is 5.81. The van der Waals surface area contributed by atoms with Gasteiger partial charge in [0.05, 0.1) is 5.52 Å². The number of hydrogen-bond acceptors (Lipinski definition) is 4. The fourth-order valence-electron chi connectivity index (χ4n) is 3.10. The van der Waals surface area contributed by atoms with Crippen molar-refractivity contribution < 1.29 is 4.52 Å². The summed E-state index contributed by atoms with van der Waals surface area (Å²) >= 11 is 0. The van der Waals surface area contributed by atoms with Crippen LogP contribution >= 0.6 is 0 Å². The minimum absolute atomic E-state index is 0.481. The minimum atomic E-state index is 0.481. The number of hydrogen-bond donors (Lipinski definition) is 0. The topological polar surface area (TPSA) is 56.7 Å². The predicted octanol–water partition coefficient (Wildman–Crippen LogP) is 5.05. The van der Waals surface area contributed by atoms with Gasteiger partial charge in [-0.1, -0.05) is 22.9 Å². The van der Waals surface area contributed by atoms with Crippen molar-refractivity contribution in [1.29, 1.82) is 0 Å². The van der Waals surface area contributed by atoms with Crippen molar-refractivity contribution in [3.63, 3.8) is 0 Å². The third-order valence-electron chi connectivity index (χ3n) is 4.52. The van der Waals surface area contributed by atoms with Gasteiger partial charge in [-0.3, -0.25) is 0 Å². The Morgan fingerprint density at radius 3 is 2.48 bits per heavy atom. The monoisotopic (exact) mass is 352 g/mol. The number of aromatic nitrogens is 4. The maximum atomic E-state index is 5.46. The van der Waals surface area contributed by atoms with Crippen LogP contribution in [-0.4, -0.2) is 19.7 Å². The Labute approximate surface area is 155 Å². The van der Waals surface area contributed by atoms with E-state index >= 15 is 0 Å². The summed E-state index contributed by atoms with van der Waals surface area (Å²) in [6.07, 6.45) is 4.01. The van der Waals surface area contributed by atoms with E-state index in [1.54, 1.807) is 0 Å². The second-order valence-corrected chi connectivity index (χ2v) is 6.45. The molecule has 130 valence electrons. The maximum Gasteiger partial charge on any atom is 0.258 e. The van der Waals surface area contributed by atoms with Gasteiger partial charge in [0.2, 0.25) is 5.82 Å². The molecule has 5 nitrogen and oxygen atoms in total. The Kier molecular flexibility index (Phi) is 3.57. The number of benzene rings is 2. The van der Waals surface area contributed by atoms with Crippen LogP contribution in [0.5, 0.6) is 0 Å². The largest absolute Gasteiger partial charge is 0.334 e. The minimum Gasteiger partial charge on any atom is -0.334 e. The van der Waals surface area contributed by atoms with Crippen molar-refractivity contribution >= 4 is 10.9 Å². The van der Waals surface area contributed by atoms with Gasteiger partial charge < -0.3 is 9.09 Å². The summed E-state index contributed by atoms with van der Waals surface area (Å²) in [5, 5.41) is 5.21. The molecule has 0 unspecified atom stereocenters. The second kappa shape index (κ2) is 6.21. The molecule has 0 radical (unpaired) electrons. The molecule has 3 heterocycles. The van der Waals surface area contributed by atoms with E-state index in [1.807, 2.05) is 77.6 Å². The molecule has 2 aromatic carbocycles. The number of nitrogens with zero attached hydrogens (tertiary/aromatic N) is 4. The molecule has 0 saturated heterocycles. The Bertz CT molecular complexity index is 1220. The summed E-state index contributed by atoms with van der Waals surface area (Å²) in [7, 11) is 0. The first-order chi connectivity index (χ1) is 13.3. The SMILES string of the molecule is Cc1ccc2nc(-c3noc(-c4ccc(-n5cccc5)cc4)n3)ccc2c1. The lowest BCUT2D eigenvalue weighted by Gasteiger charge is -2.02. The van der Waals surface area contributed by atoms with Gasteiger partial charge in [0.15, 0.2) is 0 Å². The van der Waals surface area contributed by atoms with Gasteiger partial charge in [-0.05, 0) is 61.5 Å². The molecule has 0 aliphatic carbocycles. The third kappa shape index (κ3) is 2.89. The lowest BCUT2D eigenvalue weighted by Crippen LogP contribution is -1.89. The van der Waals surface area contributed by atoms with E-state index in [2.05, 4.69) is 28.1 Å². The van der Waals surface area contributed by atoms with Gasteiger partial charge in [-0.2, -0.15) is 4.98 Å². The summed E-state index contributed by atoms with van der Waals surface area (Å²) < 4.78 is 7.50. The highest BCUT2D eigenvalue weighted by Crippen LogP contribution is 2.24. The molecule has 0 atom stereocenters. The van der Waals surface area contributed by atoms with Gasteiger partial charge in [-0.25, -0.2) is 4.98 Å². The first-order valence-corrected chi connectivity index (χ1v) is 8.71. The van der Waals surface area contributed by atoms with E-state index < -0.39 is 0 Å². The van der Waals surface area contributed by atoms with Crippen LogP contribution in [0.25, 0.3) is 39.6 Å². The Morgan fingerprint density at radius 1 is 0.852 bits per heavy atom. The quantitative estimate of drug-likeness (QED) is 0.456. The molecule has 3 aromatic heterocycles. The third-order valence-corrected chi connectivity index (χ3v) is 4.52. The lowest BCUT2D eigenvalue weighted by atomic mass is 10.1. The van der Waals surface area contributed by atoms with Crippen molar-refractivity contribution in [2.75, 3.05) is 0 Å². The summed E-state index contributed by atoms with van der Waals surface area (Å²) in [5.74, 6) is 0.969. The van der Waals surface area contributed by atoms with Crippen molar-refractivity contribution in [1.82, 2.24) is 19.7 Å². The van der Waals surface area contributed by atoms with Crippen LogP contribution in [0.4, 0.5) is 0 Å². The van der Waals surface area contributed by atoms with Gasteiger partial charge in [0, 0.05) is 29.0 Å². The number of pyridine rings is 1. The molecule has 0 saturated carbocycles. The zero-order valence-corrected chi connectivity index (χ0v) is 14.7. The molecule has 5 heteroatoms. The number of rotatable bonds is 3. The zero-order valence-electron chi connectivity index (χ0n) is 14.7. The van der Waals surface area contributed by atoms with Crippen molar-refractivity contribution in [3.8, 4) is 28.7 Å². The van der Waals surface area contributed by atoms with Crippen molar-refractivity contribution in [3.05, 3.63) is 84.7 Å². The molecule has 0 amide bonds. The van der Waals surface area contributed by atoms with Crippen molar-refractivity contribution in [2.45, 2.75) is 6.92 Å². The lowest BCUT2D eigenvalue weighted by molar-refractivity contribution is 0.432. The van der Waals surface area contributed by atoms with Crippen LogP contribution in [-0.2, 0) is 0 Å². The molecule has 0 aliphatic rings. The van der Waals surface area contributed by atoms with E-state index in [9.17, 15) is 0 Å². The standard InChI is InChI=1S/C22H16N4O/c1-15-4-10-19-17(14-15)7-11-20(23-19)21-24-22(27-25-21)16-5-8-18(9-6-16)26-12-2-3-13-26/h2-14H,1H3. The first-order valence-electron chi connectivity index (χ1n) is 8.71. The highest BCUT2D eigenvalue weighted by Gasteiger charge is 2.12. The van der Waals surface area contributed by atoms with Crippen LogP contribution in [0, 0.1) is 6.92 Å². The zero-order chi connectivity index (χ0) is 18.2. The van der Waals surface area contributed by atoms with Crippen LogP contribution in [0.15, 0.2) is 83.6 Å². The molecule has 0 aliphatic heterocycles. The molecule has 5 aromatic rings. The first kappa shape index (κ1) is 15.5. The van der Waals surface area contributed by atoms with E-state index in [0.717, 1.165) is 22.2 Å². The second-order valence-electron chi connectivity index (χ2n) is 6.45. The number of fused-ring (bicyclic) bond motifs is 1. The Hall–Kier alpha value is -3.73. The summed E-state index contributed by atoms with van der Waals surface area (Å²) in [6.45, 7) is 2.07. The predicted molar refractivity (Wildman–Crippen MR) is 105 cm³/mol. The fourth-order valence-corrected chi connectivity index (χ4v) is 3.10. The van der Waals surface area contributed by atoms with Crippen LogP contribution in [0.3, 0.4) is 0 Å². The van der Waals surface area contributed by atoms with E-state index in [4.69, 9.17) is 4.52 Å². The average molecular weight is 352 g/mol. The molecule has 0 spiro atoms. The summed E-state index contributed by atoms with van der Waals surface area (Å²) in [4.78, 5) is 9.17. The normalized spacial score (nSPS) is 11.1. The van der Waals surface area contributed by atoms with Gasteiger partial charge in [0.1, 0.15) is 5.69 Å². The molecule has 27 heavy (non-hydrogen) atoms. The molecular formula is C22H16N4O. The van der Waals surface area contributed by atoms with Crippen LogP contribution < -0.4 is 0 Å². The average Bonchev–Trinajstić information content (AvgIpc) is 3.40. The van der Waals surface area contributed by atoms with Gasteiger partial charge >= 0.3 is 0 Å². The number of aryl methyl sites for hydroxylation is 1. The van der Waals surface area contributed by atoms with Crippen molar-refractivity contribution in [2.24, 2.45) is 0 Å². The van der Waals surface area contributed by atoms with E-state index in [-0.39, 0.29) is 0 Å². The summed E-state index contributed by atoms with van der Waals surface area (Å²) in [5.41, 5.74) is 4.78. The van der Waals surface area contributed by atoms with Gasteiger partial charge in [-0.15, -0.1) is 0 Å². The summed E-state index contributed by atoms with van der Waals surface area (Å²) in [6, 6.07) is 22.1. The van der Waals surface area contributed by atoms with E-state index in [0.29, 0.717) is 17.4 Å². The molecule has 0 fully saturated rings. The Balaban J connectivity index is 1.46. The maximum absolute atomic E-state index is 5.46. The molecular weight excluding hydrogens is 336 g/mol. The van der Waals surface area contributed by atoms with E-state index in [1.165, 1.54) is 5.56 Å². The molecule has 5 rings (SSSR count). The molecule has 0 N–H and O–H groups in total. The van der Waals surface area contributed by atoms with Crippen LogP contribution in [0.2, 0.25) is 0 Å². The smallest absolute Gasteiger partial charge is 0.258 e. The Morgan fingerprint density at radius 2 is 1.67 bits per heavy atom. The molecule has 0 bridgehead atoms. The highest BCUT2D eigenvalue weighted by atomic mass is 16.5. The van der Waals surface area contributed by atoms with Gasteiger partial charge in [0.25, 0.3) is 5.89 Å². The fraction of sp³-hybridized carbons (Fsp3) is 0.0455.